The Bertz CT molecular complexity index is 1710. The molecule has 0 N–H and O–H groups in total. The molecule has 7 rings (SSSR count). The highest BCUT2D eigenvalue weighted by Crippen LogP contribution is 2.40. The zero-order valence-electron chi connectivity index (χ0n) is 19.5. The molecule has 0 heterocycles. The number of fused-ring (bicyclic) bond motifs is 1. The summed E-state index contributed by atoms with van der Waals surface area (Å²) in [6, 6.07) is 43.6. The zero-order chi connectivity index (χ0) is 23.1. The lowest BCUT2D eigenvalue weighted by molar-refractivity contribution is 1.47. The van der Waals surface area contributed by atoms with Gasteiger partial charge in [0.2, 0.25) is 0 Å². The van der Waals surface area contributed by atoms with Gasteiger partial charge in [-0.05, 0) is 73.6 Å². The van der Waals surface area contributed by atoms with Crippen molar-refractivity contribution < 1.29 is 0 Å². The smallest absolute Gasteiger partial charge is 0.00205 e. The highest BCUT2D eigenvalue weighted by atomic mass is 14.2. The van der Waals surface area contributed by atoms with Crippen LogP contribution in [0.5, 0.6) is 0 Å². The van der Waals surface area contributed by atoms with Gasteiger partial charge in [-0.25, -0.2) is 0 Å². The molecule has 34 heavy (non-hydrogen) atoms. The fraction of sp³-hybridized carbons (Fsp3) is 0.0588. The maximum atomic E-state index is 2.29. The Morgan fingerprint density at radius 1 is 0.412 bits per heavy atom. The van der Waals surface area contributed by atoms with Gasteiger partial charge in [-0.15, -0.1) is 0 Å². The SMILES string of the molecule is Cc1cccc(-c2ccc3ccc4c(C)ccc5ccc2c3c54)c1.c1ccc2ccccc2c1. The second kappa shape index (κ2) is 8.32. The molecule has 0 saturated carbocycles. The highest BCUT2D eigenvalue weighted by molar-refractivity contribution is 6.25. The van der Waals surface area contributed by atoms with Gasteiger partial charge < -0.3 is 0 Å². The topological polar surface area (TPSA) is 0 Å². The van der Waals surface area contributed by atoms with Crippen LogP contribution in [0.2, 0.25) is 0 Å². The predicted molar refractivity (Wildman–Crippen MR) is 149 cm³/mol. The average molecular weight is 435 g/mol. The van der Waals surface area contributed by atoms with E-state index >= 15 is 0 Å². The van der Waals surface area contributed by atoms with Crippen molar-refractivity contribution in [2.75, 3.05) is 0 Å². The van der Waals surface area contributed by atoms with Crippen molar-refractivity contribution >= 4 is 43.1 Å². The van der Waals surface area contributed by atoms with E-state index in [-0.39, 0.29) is 0 Å². The summed E-state index contributed by atoms with van der Waals surface area (Å²) in [4.78, 5) is 0. The molecule has 0 aliphatic rings. The largest absolute Gasteiger partial charge is 0.0616 e. The van der Waals surface area contributed by atoms with Gasteiger partial charge in [-0.1, -0.05) is 127 Å². The van der Waals surface area contributed by atoms with Gasteiger partial charge >= 0.3 is 0 Å². The third-order valence-electron chi connectivity index (χ3n) is 6.87. The van der Waals surface area contributed by atoms with Gasteiger partial charge in [0.25, 0.3) is 0 Å². The Balaban J connectivity index is 0.000000182. The van der Waals surface area contributed by atoms with E-state index in [0.29, 0.717) is 0 Å². The van der Waals surface area contributed by atoms with Crippen LogP contribution in [0.4, 0.5) is 0 Å². The lowest BCUT2D eigenvalue weighted by atomic mass is 9.88. The molecule has 0 aliphatic carbocycles. The first kappa shape index (κ1) is 20.4. The van der Waals surface area contributed by atoms with Crippen molar-refractivity contribution in [3.05, 3.63) is 132 Å². The van der Waals surface area contributed by atoms with Crippen molar-refractivity contribution in [1.82, 2.24) is 0 Å². The zero-order valence-corrected chi connectivity index (χ0v) is 19.5. The molecule has 0 radical (unpaired) electrons. The normalized spacial score (nSPS) is 11.2. The van der Waals surface area contributed by atoms with Crippen LogP contribution in [0.15, 0.2) is 121 Å². The van der Waals surface area contributed by atoms with E-state index in [1.807, 2.05) is 0 Å². The van der Waals surface area contributed by atoms with Gasteiger partial charge in [0.1, 0.15) is 0 Å². The molecule has 0 unspecified atom stereocenters. The Hall–Kier alpha value is -4.16. The van der Waals surface area contributed by atoms with Crippen LogP contribution in [0.1, 0.15) is 11.1 Å². The molecular weight excluding hydrogens is 408 g/mol. The van der Waals surface area contributed by atoms with Crippen molar-refractivity contribution in [3.8, 4) is 11.1 Å². The molecule has 0 heteroatoms. The average Bonchev–Trinajstić information content (AvgIpc) is 2.89. The highest BCUT2D eigenvalue weighted by Gasteiger charge is 2.12. The fourth-order valence-corrected chi connectivity index (χ4v) is 5.14. The number of benzene rings is 7. The van der Waals surface area contributed by atoms with Crippen LogP contribution in [-0.4, -0.2) is 0 Å². The summed E-state index contributed by atoms with van der Waals surface area (Å²) in [5.41, 5.74) is 5.26. The molecular formula is C34H26. The second-order valence-electron chi connectivity index (χ2n) is 9.13. The van der Waals surface area contributed by atoms with Crippen molar-refractivity contribution in [1.29, 1.82) is 0 Å². The molecule has 0 atom stereocenters. The number of hydrogen-bond donors (Lipinski definition) is 0. The molecule has 162 valence electrons. The van der Waals surface area contributed by atoms with Gasteiger partial charge in [0.15, 0.2) is 0 Å². The van der Waals surface area contributed by atoms with E-state index < -0.39 is 0 Å². The summed E-state index contributed by atoms with van der Waals surface area (Å²) in [6.07, 6.45) is 0. The Labute approximate surface area is 200 Å². The molecule has 0 fully saturated rings. The summed E-state index contributed by atoms with van der Waals surface area (Å²) in [5.74, 6) is 0. The van der Waals surface area contributed by atoms with Crippen LogP contribution in [-0.2, 0) is 0 Å². The van der Waals surface area contributed by atoms with Crippen LogP contribution in [0.25, 0.3) is 54.2 Å². The summed E-state index contributed by atoms with van der Waals surface area (Å²) >= 11 is 0. The first-order valence-corrected chi connectivity index (χ1v) is 11.9. The fourth-order valence-electron chi connectivity index (χ4n) is 5.14. The number of rotatable bonds is 1. The molecule has 7 aromatic rings. The minimum absolute atomic E-state index is 1.30. The van der Waals surface area contributed by atoms with Gasteiger partial charge in [0.05, 0.1) is 0 Å². The summed E-state index contributed by atoms with van der Waals surface area (Å²) in [6.45, 7) is 4.36. The lowest BCUT2D eigenvalue weighted by Crippen LogP contribution is -1.88. The van der Waals surface area contributed by atoms with Crippen LogP contribution >= 0.6 is 0 Å². The molecule has 0 aliphatic heterocycles. The molecule has 0 aromatic heterocycles. The molecule has 0 saturated heterocycles. The van der Waals surface area contributed by atoms with Gasteiger partial charge in [-0.2, -0.15) is 0 Å². The van der Waals surface area contributed by atoms with Gasteiger partial charge in [0, 0.05) is 0 Å². The van der Waals surface area contributed by atoms with E-state index in [1.54, 1.807) is 0 Å². The molecule has 0 bridgehead atoms. The van der Waals surface area contributed by atoms with Crippen molar-refractivity contribution in [2.45, 2.75) is 13.8 Å². The maximum Gasteiger partial charge on any atom is -0.00205 e. The monoisotopic (exact) mass is 434 g/mol. The van der Waals surface area contributed by atoms with E-state index in [9.17, 15) is 0 Å². The molecule has 0 spiro atoms. The number of aryl methyl sites for hydroxylation is 2. The van der Waals surface area contributed by atoms with Crippen LogP contribution in [0.3, 0.4) is 0 Å². The first-order valence-electron chi connectivity index (χ1n) is 11.9. The van der Waals surface area contributed by atoms with Crippen molar-refractivity contribution in [2.24, 2.45) is 0 Å². The summed E-state index contributed by atoms with van der Waals surface area (Å²) < 4.78 is 0. The van der Waals surface area contributed by atoms with Crippen molar-refractivity contribution in [3.63, 3.8) is 0 Å². The van der Waals surface area contributed by atoms with E-state index in [4.69, 9.17) is 0 Å². The number of hydrogen-bond acceptors (Lipinski definition) is 0. The first-order chi connectivity index (χ1) is 16.7. The Morgan fingerprint density at radius 3 is 1.62 bits per heavy atom. The quantitative estimate of drug-likeness (QED) is 0.226. The molecule has 0 amide bonds. The standard InChI is InChI=1S/C24H18.C10H8/c1-15-4-3-5-19(14-15)21-12-9-18-8-11-20-16(2)6-7-17-10-13-22(21)24(18)23(17)20;1-2-6-10-8-4-3-7-9(10)5-1/h3-14H,1-2H3;1-8H. The summed E-state index contributed by atoms with van der Waals surface area (Å²) in [7, 11) is 0. The van der Waals surface area contributed by atoms with Crippen LogP contribution in [0, 0.1) is 13.8 Å². The third kappa shape index (κ3) is 3.49. The Kier molecular flexibility index (Phi) is 5.00. The summed E-state index contributed by atoms with van der Waals surface area (Å²) in [5, 5.41) is 10.8. The van der Waals surface area contributed by atoms with E-state index in [2.05, 4.69) is 135 Å². The second-order valence-corrected chi connectivity index (χ2v) is 9.13. The predicted octanol–water partition coefficient (Wildman–Crippen LogP) is 9.71. The van der Waals surface area contributed by atoms with Crippen LogP contribution < -0.4 is 0 Å². The van der Waals surface area contributed by atoms with E-state index in [0.717, 1.165) is 0 Å². The van der Waals surface area contributed by atoms with E-state index in [1.165, 1.54) is 65.3 Å². The molecule has 0 nitrogen and oxygen atoms in total. The maximum absolute atomic E-state index is 2.29. The van der Waals surface area contributed by atoms with Gasteiger partial charge in [-0.3, -0.25) is 0 Å². The third-order valence-corrected chi connectivity index (χ3v) is 6.87. The lowest BCUT2D eigenvalue weighted by Gasteiger charge is -2.15. The minimum Gasteiger partial charge on any atom is -0.0616 e. The Morgan fingerprint density at radius 2 is 0.971 bits per heavy atom. The minimum atomic E-state index is 1.30. The molecule has 7 aromatic carbocycles.